The normalized spacial score (nSPS) is 13.8. The lowest BCUT2D eigenvalue weighted by Crippen LogP contribution is -2.48. The van der Waals surface area contributed by atoms with Gasteiger partial charge in [-0.25, -0.2) is 0 Å². The lowest BCUT2D eigenvalue weighted by atomic mass is 10.0. The second-order valence-corrected chi connectivity index (χ2v) is 15.3. The predicted molar refractivity (Wildman–Crippen MR) is 218 cm³/mol. The van der Waals surface area contributed by atoms with Gasteiger partial charge in [-0.15, -0.1) is 0 Å². The lowest BCUT2D eigenvalue weighted by molar-refractivity contribution is -0.131. The number of aliphatic hydroxyl groups is 3. The van der Waals surface area contributed by atoms with Gasteiger partial charge < -0.3 is 20.6 Å². The molecule has 0 saturated heterocycles. The molecule has 0 radical (unpaired) electrons. The van der Waals surface area contributed by atoms with Gasteiger partial charge >= 0.3 is 0 Å². The first-order valence-electron chi connectivity index (χ1n) is 22.2. The van der Waals surface area contributed by atoms with Crippen LogP contribution >= 0.6 is 0 Å². The third-order valence-corrected chi connectivity index (χ3v) is 10.3. The molecule has 0 aromatic rings. The van der Waals surface area contributed by atoms with Gasteiger partial charge in [0.1, 0.15) is 6.10 Å². The van der Waals surface area contributed by atoms with E-state index in [-0.39, 0.29) is 6.61 Å². The van der Waals surface area contributed by atoms with Gasteiger partial charge in [-0.2, -0.15) is 0 Å². The number of nitrogens with one attached hydrogen (secondary N) is 1. The van der Waals surface area contributed by atoms with Crippen molar-refractivity contribution in [3.05, 3.63) is 24.3 Å². The molecule has 0 spiro atoms. The molecular formula is C45H87NO4. The van der Waals surface area contributed by atoms with Gasteiger partial charge in [0.25, 0.3) is 0 Å². The first-order chi connectivity index (χ1) is 24.6. The van der Waals surface area contributed by atoms with E-state index in [0.29, 0.717) is 6.42 Å². The Balaban J connectivity index is 3.51. The molecule has 1 amide bonds. The molecule has 50 heavy (non-hydrogen) atoms. The van der Waals surface area contributed by atoms with E-state index in [2.05, 4.69) is 31.3 Å². The first kappa shape index (κ1) is 48.8. The van der Waals surface area contributed by atoms with E-state index in [9.17, 15) is 20.1 Å². The highest BCUT2D eigenvalue weighted by molar-refractivity contribution is 5.80. The molecule has 0 aromatic heterocycles. The summed E-state index contributed by atoms with van der Waals surface area (Å²) in [6.07, 6.45) is 49.6. The summed E-state index contributed by atoms with van der Waals surface area (Å²) in [7, 11) is 0. The average molecular weight is 706 g/mol. The minimum atomic E-state index is -1.10. The van der Waals surface area contributed by atoms with Crippen LogP contribution < -0.4 is 5.32 Å². The monoisotopic (exact) mass is 706 g/mol. The number of carbonyl (C=O) groups excluding carboxylic acids is 1. The summed E-state index contributed by atoms with van der Waals surface area (Å²) in [5.41, 5.74) is 0. The highest BCUT2D eigenvalue weighted by Crippen LogP contribution is 2.16. The fourth-order valence-corrected chi connectivity index (χ4v) is 6.79. The fraction of sp³-hybridized carbons (Fsp3) is 0.889. The summed E-state index contributed by atoms with van der Waals surface area (Å²) >= 11 is 0. The lowest BCUT2D eigenvalue weighted by Gasteiger charge is -2.21. The van der Waals surface area contributed by atoms with E-state index in [0.717, 1.165) is 38.5 Å². The van der Waals surface area contributed by atoms with E-state index < -0.39 is 24.2 Å². The molecule has 0 aliphatic carbocycles. The first-order valence-corrected chi connectivity index (χ1v) is 22.2. The highest BCUT2D eigenvalue weighted by Gasteiger charge is 2.22. The average Bonchev–Trinajstić information content (AvgIpc) is 3.12. The van der Waals surface area contributed by atoms with Gasteiger partial charge in [-0.05, 0) is 32.1 Å². The van der Waals surface area contributed by atoms with Crippen LogP contribution in [0.5, 0.6) is 0 Å². The molecule has 4 N–H and O–H groups in total. The molecule has 296 valence electrons. The Morgan fingerprint density at radius 1 is 0.480 bits per heavy atom. The molecular weight excluding hydrogens is 618 g/mol. The molecule has 3 atom stereocenters. The van der Waals surface area contributed by atoms with Crippen LogP contribution in [0.3, 0.4) is 0 Å². The number of hydrogen-bond acceptors (Lipinski definition) is 4. The number of amides is 1. The van der Waals surface area contributed by atoms with Gasteiger partial charge in [0.05, 0.1) is 18.8 Å². The molecule has 0 bridgehead atoms. The summed E-state index contributed by atoms with van der Waals surface area (Å²) in [5, 5.41) is 32.9. The zero-order chi connectivity index (χ0) is 36.6. The minimum Gasteiger partial charge on any atom is -0.394 e. The van der Waals surface area contributed by atoms with E-state index in [4.69, 9.17) is 0 Å². The topological polar surface area (TPSA) is 89.8 Å². The Morgan fingerprint density at radius 3 is 1.22 bits per heavy atom. The van der Waals surface area contributed by atoms with Crippen molar-refractivity contribution in [2.24, 2.45) is 0 Å². The van der Waals surface area contributed by atoms with Crippen LogP contribution in [0.1, 0.15) is 232 Å². The van der Waals surface area contributed by atoms with Crippen LogP contribution in [0.15, 0.2) is 24.3 Å². The molecule has 0 aliphatic heterocycles. The fourth-order valence-electron chi connectivity index (χ4n) is 6.79. The van der Waals surface area contributed by atoms with Crippen molar-refractivity contribution in [1.29, 1.82) is 0 Å². The molecule has 3 unspecified atom stereocenters. The van der Waals surface area contributed by atoms with E-state index in [1.54, 1.807) is 6.08 Å². The number of rotatable bonds is 40. The molecule has 0 heterocycles. The van der Waals surface area contributed by atoms with Crippen LogP contribution in [-0.2, 0) is 4.79 Å². The Morgan fingerprint density at radius 2 is 0.820 bits per heavy atom. The zero-order valence-electron chi connectivity index (χ0n) is 33.5. The zero-order valence-corrected chi connectivity index (χ0v) is 33.5. The maximum absolute atomic E-state index is 12.4. The third kappa shape index (κ3) is 35.2. The molecule has 0 aromatic carbocycles. The second-order valence-electron chi connectivity index (χ2n) is 15.3. The second kappa shape index (κ2) is 40.6. The van der Waals surface area contributed by atoms with Gasteiger partial charge in [0.2, 0.25) is 5.91 Å². The standard InChI is InChI=1S/C45H87NO4/c1-3-5-7-9-11-13-14-15-16-17-18-19-20-21-22-23-24-25-26-27-28-29-30-32-34-36-38-40-44(49)45(50)46-42(41-47)43(48)39-37-35-33-31-12-10-8-6-4-2/h12,31,37,39,42-44,47-49H,3-11,13-30,32-36,38,40-41H2,1-2H3,(H,46,50)/b31-12+,39-37+. The van der Waals surface area contributed by atoms with E-state index in [1.807, 2.05) is 6.08 Å². The smallest absolute Gasteiger partial charge is 0.249 e. The number of hydrogen-bond donors (Lipinski definition) is 4. The highest BCUT2D eigenvalue weighted by atomic mass is 16.3. The van der Waals surface area contributed by atoms with Gasteiger partial charge in [0, 0.05) is 0 Å². The molecule has 5 nitrogen and oxygen atoms in total. The summed E-state index contributed by atoms with van der Waals surface area (Å²) in [6.45, 7) is 4.12. The molecule has 0 rings (SSSR count). The van der Waals surface area contributed by atoms with E-state index in [1.165, 1.54) is 173 Å². The van der Waals surface area contributed by atoms with Crippen molar-refractivity contribution in [3.8, 4) is 0 Å². The van der Waals surface area contributed by atoms with Gasteiger partial charge in [-0.3, -0.25) is 4.79 Å². The minimum absolute atomic E-state index is 0.374. The molecule has 5 heteroatoms. The largest absolute Gasteiger partial charge is 0.394 e. The Kier molecular flexibility index (Phi) is 39.6. The number of aliphatic hydroxyl groups excluding tert-OH is 3. The molecule has 0 fully saturated rings. The summed E-state index contributed by atoms with van der Waals surface area (Å²) in [6, 6.07) is -0.809. The van der Waals surface area contributed by atoms with Crippen molar-refractivity contribution in [2.45, 2.75) is 250 Å². The molecule has 0 saturated carbocycles. The van der Waals surface area contributed by atoms with Crippen molar-refractivity contribution in [3.63, 3.8) is 0 Å². The van der Waals surface area contributed by atoms with Crippen LogP contribution in [-0.4, -0.2) is 46.1 Å². The van der Waals surface area contributed by atoms with Crippen LogP contribution in [0, 0.1) is 0 Å². The number of allylic oxidation sites excluding steroid dienone is 3. The van der Waals surface area contributed by atoms with Crippen molar-refractivity contribution < 1.29 is 20.1 Å². The predicted octanol–water partition coefficient (Wildman–Crippen LogP) is 12.6. The maximum atomic E-state index is 12.4. The number of carbonyl (C=O) groups is 1. The van der Waals surface area contributed by atoms with Crippen LogP contribution in [0.4, 0.5) is 0 Å². The Labute approximate surface area is 312 Å². The summed E-state index contributed by atoms with van der Waals surface area (Å²) in [5.74, 6) is -0.513. The van der Waals surface area contributed by atoms with Crippen LogP contribution in [0.25, 0.3) is 0 Å². The van der Waals surface area contributed by atoms with Crippen LogP contribution in [0.2, 0.25) is 0 Å². The Bertz CT molecular complexity index is 739. The summed E-state index contributed by atoms with van der Waals surface area (Å²) in [4.78, 5) is 12.4. The van der Waals surface area contributed by atoms with Gasteiger partial charge in [0.15, 0.2) is 0 Å². The number of unbranched alkanes of at least 4 members (excludes halogenated alkanes) is 30. The van der Waals surface area contributed by atoms with Crippen molar-refractivity contribution >= 4 is 5.91 Å². The van der Waals surface area contributed by atoms with Crippen molar-refractivity contribution in [2.75, 3.05) is 6.61 Å². The van der Waals surface area contributed by atoms with Gasteiger partial charge in [-0.1, -0.05) is 224 Å². The molecule has 0 aliphatic rings. The van der Waals surface area contributed by atoms with Crippen molar-refractivity contribution in [1.82, 2.24) is 5.32 Å². The SMILES string of the molecule is CCCCC/C=C/CC/C=C/C(O)C(CO)NC(=O)C(O)CCCCCCCCCCCCCCCCCCCCCCCCCCCCC. The third-order valence-electron chi connectivity index (χ3n) is 10.3. The quantitative estimate of drug-likeness (QED) is 0.0377. The Hall–Kier alpha value is -1.17. The maximum Gasteiger partial charge on any atom is 0.249 e. The summed E-state index contributed by atoms with van der Waals surface area (Å²) < 4.78 is 0. The van der Waals surface area contributed by atoms with E-state index >= 15 is 0 Å².